The molecule has 0 aliphatic carbocycles. The van der Waals surface area contributed by atoms with Gasteiger partial charge in [-0.25, -0.2) is 9.18 Å². The molecule has 0 bridgehead atoms. The number of aryl methyl sites for hydroxylation is 1. The molecule has 0 aliphatic heterocycles. The summed E-state index contributed by atoms with van der Waals surface area (Å²) in [7, 11) is 2.69. The van der Waals surface area contributed by atoms with Crippen molar-refractivity contribution < 1.29 is 23.4 Å². The van der Waals surface area contributed by atoms with Crippen LogP contribution < -0.4 is 4.74 Å². The number of benzene rings is 1. The molecule has 2 aromatic rings. The lowest BCUT2D eigenvalue weighted by molar-refractivity contribution is 0.0689. The Morgan fingerprint density at radius 3 is 2.55 bits per heavy atom. The maximum absolute atomic E-state index is 13.8. The van der Waals surface area contributed by atoms with E-state index >= 15 is 0 Å². The highest BCUT2D eigenvalue weighted by molar-refractivity contribution is 9.10. The van der Waals surface area contributed by atoms with Gasteiger partial charge in [-0.05, 0) is 28.1 Å². The molecular formula is C12H9BrF2N2O3. The fourth-order valence-electron chi connectivity index (χ4n) is 1.79. The number of carbonyl (C=O) groups is 1. The van der Waals surface area contributed by atoms with Crippen molar-refractivity contribution in [2.45, 2.75) is 0 Å². The maximum Gasteiger partial charge on any atom is 0.356 e. The van der Waals surface area contributed by atoms with Gasteiger partial charge in [-0.3, -0.25) is 4.68 Å². The number of aromatic carboxylic acids is 1. The molecule has 0 amide bonds. The molecule has 1 heterocycles. The molecule has 1 N–H and O–H groups in total. The van der Waals surface area contributed by atoms with E-state index in [9.17, 15) is 13.6 Å². The molecule has 0 spiro atoms. The molecule has 106 valence electrons. The Kier molecular flexibility index (Phi) is 3.76. The van der Waals surface area contributed by atoms with E-state index in [2.05, 4.69) is 21.0 Å². The van der Waals surface area contributed by atoms with Gasteiger partial charge >= 0.3 is 5.97 Å². The van der Waals surface area contributed by atoms with Crippen LogP contribution in [0.3, 0.4) is 0 Å². The zero-order chi connectivity index (χ0) is 15.0. The molecule has 0 radical (unpaired) electrons. The third kappa shape index (κ3) is 2.26. The number of hydrogen-bond acceptors (Lipinski definition) is 3. The highest BCUT2D eigenvalue weighted by atomic mass is 79.9. The Morgan fingerprint density at radius 2 is 2.05 bits per heavy atom. The normalized spacial score (nSPS) is 10.7. The predicted molar refractivity (Wildman–Crippen MR) is 69.8 cm³/mol. The molecule has 2 rings (SSSR count). The topological polar surface area (TPSA) is 64.3 Å². The average Bonchev–Trinajstić information content (AvgIpc) is 2.78. The van der Waals surface area contributed by atoms with E-state index < -0.39 is 17.6 Å². The Balaban J connectivity index is 2.72. The van der Waals surface area contributed by atoms with E-state index in [0.29, 0.717) is 5.69 Å². The van der Waals surface area contributed by atoms with Gasteiger partial charge in [0.05, 0.1) is 17.3 Å². The highest BCUT2D eigenvalue weighted by Gasteiger charge is 2.22. The lowest BCUT2D eigenvalue weighted by Gasteiger charge is -2.11. The smallest absolute Gasteiger partial charge is 0.356 e. The molecule has 8 heteroatoms. The first kappa shape index (κ1) is 14.4. The van der Waals surface area contributed by atoms with E-state index in [0.717, 1.165) is 0 Å². The molecule has 0 saturated heterocycles. The number of carboxylic acids is 1. The molecule has 1 aromatic heterocycles. The predicted octanol–water partition coefficient (Wildman–Crippen LogP) is 2.83. The van der Waals surface area contributed by atoms with Crippen molar-refractivity contribution in [3.63, 3.8) is 0 Å². The van der Waals surface area contributed by atoms with Crippen LogP contribution in [0.1, 0.15) is 10.5 Å². The van der Waals surface area contributed by atoms with E-state index in [1.165, 1.54) is 31.0 Å². The maximum atomic E-state index is 13.8. The minimum Gasteiger partial charge on any atom is -0.493 e. The summed E-state index contributed by atoms with van der Waals surface area (Å²) in [5.41, 5.74) is 0.282. The van der Waals surface area contributed by atoms with Crippen LogP contribution in [0, 0.1) is 11.6 Å². The largest absolute Gasteiger partial charge is 0.493 e. The summed E-state index contributed by atoms with van der Waals surface area (Å²) in [5.74, 6) is -3.76. The lowest BCUT2D eigenvalue weighted by Crippen LogP contribution is -2.01. The quantitative estimate of drug-likeness (QED) is 0.868. The highest BCUT2D eigenvalue weighted by Crippen LogP contribution is 2.37. The summed E-state index contributed by atoms with van der Waals surface area (Å²) in [5, 5.41) is 12.7. The van der Waals surface area contributed by atoms with Crippen LogP contribution in [0.2, 0.25) is 0 Å². The summed E-state index contributed by atoms with van der Waals surface area (Å²) >= 11 is 2.90. The second kappa shape index (κ2) is 5.20. The molecule has 0 aliphatic rings. The number of methoxy groups -OCH3 is 1. The molecule has 20 heavy (non-hydrogen) atoms. The van der Waals surface area contributed by atoms with Gasteiger partial charge in [-0.15, -0.1) is 0 Å². The van der Waals surface area contributed by atoms with E-state index in [1.54, 1.807) is 0 Å². The van der Waals surface area contributed by atoms with Crippen molar-refractivity contribution in [1.82, 2.24) is 9.78 Å². The Hall–Kier alpha value is -1.96. The van der Waals surface area contributed by atoms with Crippen LogP contribution >= 0.6 is 15.9 Å². The Morgan fingerprint density at radius 1 is 1.40 bits per heavy atom. The minimum atomic E-state index is -1.22. The van der Waals surface area contributed by atoms with E-state index in [1.807, 2.05) is 0 Å². The monoisotopic (exact) mass is 346 g/mol. The Labute approximate surface area is 120 Å². The number of hydrogen-bond donors (Lipinski definition) is 1. The van der Waals surface area contributed by atoms with E-state index in [-0.39, 0.29) is 21.5 Å². The number of carboxylic acid groups (broad SMARTS) is 1. The average molecular weight is 347 g/mol. The minimum absolute atomic E-state index is 0.0936. The van der Waals surface area contributed by atoms with Crippen LogP contribution in [0.15, 0.2) is 16.6 Å². The second-order valence-corrected chi connectivity index (χ2v) is 4.77. The first-order chi connectivity index (χ1) is 9.36. The van der Waals surface area contributed by atoms with Gasteiger partial charge in [0.15, 0.2) is 17.3 Å². The number of halogens is 3. The van der Waals surface area contributed by atoms with Crippen molar-refractivity contribution in [2.75, 3.05) is 7.11 Å². The van der Waals surface area contributed by atoms with Crippen LogP contribution in [0.4, 0.5) is 8.78 Å². The number of nitrogens with zero attached hydrogens (tertiary/aromatic N) is 2. The molecule has 1 aromatic carbocycles. The van der Waals surface area contributed by atoms with Crippen molar-refractivity contribution in [2.24, 2.45) is 7.05 Å². The van der Waals surface area contributed by atoms with Crippen molar-refractivity contribution in [3.8, 4) is 17.0 Å². The van der Waals surface area contributed by atoms with Gasteiger partial charge in [0.25, 0.3) is 0 Å². The van der Waals surface area contributed by atoms with Crippen LogP contribution in [0.5, 0.6) is 5.75 Å². The third-order valence-corrected chi connectivity index (χ3v) is 3.27. The van der Waals surface area contributed by atoms with E-state index in [4.69, 9.17) is 9.84 Å². The molecular weight excluding hydrogens is 338 g/mol. The fraction of sp³-hybridized carbons (Fsp3) is 0.167. The number of ether oxygens (including phenoxy) is 1. The lowest BCUT2D eigenvalue weighted by atomic mass is 10.1. The fourth-order valence-corrected chi connectivity index (χ4v) is 2.20. The summed E-state index contributed by atoms with van der Waals surface area (Å²) in [6, 6.07) is 2.56. The van der Waals surface area contributed by atoms with Crippen LogP contribution in [-0.2, 0) is 7.05 Å². The molecule has 0 saturated carbocycles. The second-order valence-electron chi connectivity index (χ2n) is 3.91. The SMILES string of the molecule is COc1c(-c2cc(C(=O)O)nn2C)cc(Br)c(F)c1F. The molecule has 0 fully saturated rings. The summed E-state index contributed by atoms with van der Waals surface area (Å²) < 4.78 is 33.3. The van der Waals surface area contributed by atoms with Gasteiger partial charge in [0.2, 0.25) is 5.82 Å². The molecule has 5 nitrogen and oxygen atoms in total. The Bertz CT molecular complexity index is 700. The zero-order valence-electron chi connectivity index (χ0n) is 10.4. The van der Waals surface area contributed by atoms with Gasteiger partial charge in [-0.2, -0.15) is 9.49 Å². The van der Waals surface area contributed by atoms with Crippen molar-refractivity contribution in [3.05, 3.63) is 33.9 Å². The summed E-state index contributed by atoms with van der Waals surface area (Å²) in [6.45, 7) is 0. The zero-order valence-corrected chi connectivity index (χ0v) is 12.0. The third-order valence-electron chi connectivity index (χ3n) is 2.70. The van der Waals surface area contributed by atoms with Crippen molar-refractivity contribution in [1.29, 1.82) is 0 Å². The number of aromatic nitrogens is 2. The van der Waals surface area contributed by atoms with Crippen LogP contribution in [-0.4, -0.2) is 28.0 Å². The summed E-state index contributed by atoms with van der Waals surface area (Å²) in [6.07, 6.45) is 0. The van der Waals surface area contributed by atoms with Gasteiger partial charge in [-0.1, -0.05) is 0 Å². The molecule has 0 atom stereocenters. The number of rotatable bonds is 3. The first-order valence-corrected chi connectivity index (χ1v) is 6.15. The standard InChI is InChI=1S/C12H9BrF2N2O3/c1-17-8(4-7(16-17)12(18)19)5-3-6(13)9(14)10(15)11(5)20-2/h3-4H,1-2H3,(H,18,19). The first-order valence-electron chi connectivity index (χ1n) is 5.36. The van der Waals surface area contributed by atoms with Gasteiger partial charge < -0.3 is 9.84 Å². The molecule has 0 unspecified atom stereocenters. The van der Waals surface area contributed by atoms with Crippen LogP contribution in [0.25, 0.3) is 11.3 Å². The van der Waals surface area contributed by atoms with Crippen molar-refractivity contribution >= 4 is 21.9 Å². The van der Waals surface area contributed by atoms with Gasteiger partial charge in [0.1, 0.15) is 0 Å². The summed E-state index contributed by atoms with van der Waals surface area (Å²) in [4.78, 5) is 10.9. The van der Waals surface area contributed by atoms with Gasteiger partial charge in [0, 0.05) is 12.6 Å².